The van der Waals surface area contributed by atoms with E-state index in [0.717, 1.165) is 26.9 Å². The number of hydrogen-bond donors (Lipinski definition) is 0. The van der Waals surface area contributed by atoms with Crippen molar-refractivity contribution in [1.82, 2.24) is 10.2 Å². The van der Waals surface area contributed by atoms with Crippen molar-refractivity contribution in [2.45, 2.75) is 6.61 Å². The molecule has 5 heteroatoms. The van der Waals surface area contributed by atoms with E-state index in [4.69, 9.17) is 9.15 Å². The van der Waals surface area contributed by atoms with Crippen molar-refractivity contribution in [2.24, 2.45) is 0 Å². The van der Waals surface area contributed by atoms with Gasteiger partial charge in [0.25, 0.3) is 0 Å². The lowest BCUT2D eigenvalue weighted by atomic mass is 10.2. The topological polar surface area (TPSA) is 48.2 Å². The smallest absolute Gasteiger partial charge is 0.248 e. The molecule has 0 bridgehead atoms. The lowest BCUT2D eigenvalue weighted by Gasteiger charge is -2.06. The molecule has 0 atom stereocenters. The van der Waals surface area contributed by atoms with Gasteiger partial charge in [0.15, 0.2) is 0 Å². The maximum absolute atomic E-state index is 5.82. The normalized spacial score (nSPS) is 10.7. The predicted molar refractivity (Wildman–Crippen MR) is 104 cm³/mol. The maximum atomic E-state index is 5.82. The first-order chi connectivity index (χ1) is 12.8. The number of nitrogens with zero attached hydrogens (tertiary/aromatic N) is 2. The fourth-order valence-electron chi connectivity index (χ4n) is 2.48. The molecule has 0 spiro atoms. The summed E-state index contributed by atoms with van der Waals surface area (Å²) in [5, 5.41) is 8.25. The molecule has 4 nitrogen and oxygen atoms in total. The number of aromatic nitrogens is 2. The maximum Gasteiger partial charge on any atom is 0.248 e. The zero-order valence-corrected chi connectivity index (χ0v) is 15.4. The fraction of sp³-hybridized carbons (Fsp3) is 0.0476. The summed E-state index contributed by atoms with van der Waals surface area (Å²) in [5.74, 6) is 1.79. The van der Waals surface area contributed by atoms with Crippen molar-refractivity contribution in [2.75, 3.05) is 0 Å². The minimum Gasteiger partial charge on any atom is -0.489 e. The molecule has 3 aromatic carbocycles. The van der Waals surface area contributed by atoms with Crippen LogP contribution in [0.1, 0.15) is 5.56 Å². The van der Waals surface area contributed by atoms with E-state index in [1.807, 2.05) is 78.9 Å². The van der Waals surface area contributed by atoms with E-state index in [1.54, 1.807) is 0 Å². The van der Waals surface area contributed by atoms with Crippen LogP contribution in [0.25, 0.3) is 22.9 Å². The van der Waals surface area contributed by atoms with Crippen molar-refractivity contribution in [1.29, 1.82) is 0 Å². The van der Waals surface area contributed by atoms with Crippen LogP contribution in [0, 0.1) is 0 Å². The Labute approximate surface area is 159 Å². The highest BCUT2D eigenvalue weighted by Gasteiger charge is 2.10. The molecule has 4 rings (SSSR count). The molecule has 1 heterocycles. The highest BCUT2D eigenvalue weighted by Crippen LogP contribution is 2.25. The number of rotatable bonds is 5. The lowest BCUT2D eigenvalue weighted by molar-refractivity contribution is 0.306. The Bertz CT molecular complexity index is 981. The van der Waals surface area contributed by atoms with Crippen LogP contribution < -0.4 is 4.74 Å². The second kappa shape index (κ2) is 7.54. The summed E-state index contributed by atoms with van der Waals surface area (Å²) in [5.41, 5.74) is 2.87. The quantitative estimate of drug-likeness (QED) is 0.423. The van der Waals surface area contributed by atoms with E-state index in [2.05, 4.69) is 26.1 Å². The van der Waals surface area contributed by atoms with Gasteiger partial charge in [0.1, 0.15) is 12.4 Å². The standard InChI is InChI=1S/C21H15BrN2O2/c22-18-10-6-15(7-11-18)14-25-19-12-8-17(9-13-19)21-24-23-20(26-21)16-4-2-1-3-5-16/h1-13H,14H2. The van der Waals surface area contributed by atoms with Crippen LogP contribution >= 0.6 is 15.9 Å². The second-order valence-corrected chi connectivity index (χ2v) is 6.63. The molecule has 0 aliphatic carbocycles. The Morgan fingerprint density at radius 2 is 1.35 bits per heavy atom. The molecule has 0 aliphatic heterocycles. The van der Waals surface area contributed by atoms with E-state index in [9.17, 15) is 0 Å². The molecule has 0 N–H and O–H groups in total. The third kappa shape index (κ3) is 3.83. The number of hydrogen-bond acceptors (Lipinski definition) is 4. The van der Waals surface area contributed by atoms with Crippen molar-refractivity contribution in [3.63, 3.8) is 0 Å². The molecule has 0 amide bonds. The van der Waals surface area contributed by atoms with Gasteiger partial charge in [-0.1, -0.05) is 46.3 Å². The van der Waals surface area contributed by atoms with Crippen molar-refractivity contribution >= 4 is 15.9 Å². The minimum absolute atomic E-state index is 0.489. The van der Waals surface area contributed by atoms with Crippen molar-refractivity contribution < 1.29 is 9.15 Å². The van der Waals surface area contributed by atoms with Crippen LogP contribution in [0.15, 0.2) is 87.8 Å². The monoisotopic (exact) mass is 406 g/mol. The van der Waals surface area contributed by atoms with Crippen LogP contribution in [0.4, 0.5) is 0 Å². The van der Waals surface area contributed by atoms with Gasteiger partial charge >= 0.3 is 0 Å². The summed E-state index contributed by atoms with van der Waals surface area (Å²) in [6.45, 7) is 0.519. The minimum atomic E-state index is 0.489. The summed E-state index contributed by atoms with van der Waals surface area (Å²) < 4.78 is 12.6. The van der Waals surface area contributed by atoms with E-state index in [1.165, 1.54) is 0 Å². The summed E-state index contributed by atoms with van der Waals surface area (Å²) in [4.78, 5) is 0. The van der Waals surface area contributed by atoms with Crippen molar-refractivity contribution in [3.8, 4) is 28.7 Å². The van der Waals surface area contributed by atoms with Crippen LogP contribution in [-0.4, -0.2) is 10.2 Å². The lowest BCUT2D eigenvalue weighted by Crippen LogP contribution is -1.94. The van der Waals surface area contributed by atoms with Crippen LogP contribution in [0.5, 0.6) is 5.75 Å². The Balaban J connectivity index is 1.44. The Hall–Kier alpha value is -2.92. The van der Waals surface area contributed by atoms with E-state index >= 15 is 0 Å². The summed E-state index contributed by atoms with van der Waals surface area (Å²) in [6, 6.07) is 25.4. The first-order valence-electron chi connectivity index (χ1n) is 8.14. The number of benzene rings is 3. The van der Waals surface area contributed by atoms with E-state index < -0.39 is 0 Å². The van der Waals surface area contributed by atoms with Gasteiger partial charge in [-0.15, -0.1) is 10.2 Å². The molecular weight excluding hydrogens is 392 g/mol. The van der Waals surface area contributed by atoms with Gasteiger partial charge in [-0.05, 0) is 54.1 Å². The molecule has 4 aromatic rings. The molecule has 0 fully saturated rings. The molecule has 0 saturated heterocycles. The molecule has 0 unspecified atom stereocenters. The van der Waals surface area contributed by atoms with E-state index in [0.29, 0.717) is 18.4 Å². The van der Waals surface area contributed by atoms with Crippen LogP contribution in [-0.2, 0) is 6.61 Å². The van der Waals surface area contributed by atoms with Crippen LogP contribution in [0.3, 0.4) is 0 Å². The van der Waals surface area contributed by atoms with Crippen molar-refractivity contribution in [3.05, 3.63) is 88.9 Å². The zero-order valence-electron chi connectivity index (χ0n) is 13.8. The average molecular weight is 407 g/mol. The first-order valence-corrected chi connectivity index (χ1v) is 8.94. The number of halogens is 1. The van der Waals surface area contributed by atoms with Gasteiger partial charge in [0, 0.05) is 15.6 Å². The van der Waals surface area contributed by atoms with Gasteiger partial charge in [-0.2, -0.15) is 0 Å². The Kier molecular flexibility index (Phi) is 4.80. The molecule has 0 radical (unpaired) electrons. The third-order valence-electron chi connectivity index (χ3n) is 3.87. The molecule has 0 aliphatic rings. The second-order valence-electron chi connectivity index (χ2n) is 5.72. The summed E-state index contributed by atoms with van der Waals surface area (Å²) in [6.07, 6.45) is 0. The van der Waals surface area contributed by atoms with Gasteiger partial charge in [-0.25, -0.2) is 0 Å². The largest absolute Gasteiger partial charge is 0.489 e. The molecular formula is C21H15BrN2O2. The first kappa shape index (κ1) is 16.5. The third-order valence-corrected chi connectivity index (χ3v) is 4.39. The van der Waals surface area contributed by atoms with E-state index in [-0.39, 0.29) is 0 Å². The summed E-state index contributed by atoms with van der Waals surface area (Å²) in [7, 11) is 0. The predicted octanol–water partition coefficient (Wildman–Crippen LogP) is 5.75. The Morgan fingerprint density at radius 3 is 2.00 bits per heavy atom. The van der Waals surface area contributed by atoms with Gasteiger partial charge in [0.2, 0.25) is 11.8 Å². The van der Waals surface area contributed by atoms with Gasteiger partial charge in [0.05, 0.1) is 0 Å². The molecule has 26 heavy (non-hydrogen) atoms. The molecule has 128 valence electrons. The fourth-order valence-corrected chi connectivity index (χ4v) is 2.74. The van der Waals surface area contributed by atoms with Crippen LogP contribution in [0.2, 0.25) is 0 Å². The SMILES string of the molecule is Brc1ccc(COc2ccc(-c3nnc(-c4ccccc4)o3)cc2)cc1. The summed E-state index contributed by atoms with van der Waals surface area (Å²) >= 11 is 3.43. The highest BCUT2D eigenvalue weighted by atomic mass is 79.9. The molecule has 1 aromatic heterocycles. The average Bonchev–Trinajstić information content (AvgIpc) is 3.19. The zero-order chi connectivity index (χ0) is 17.8. The van der Waals surface area contributed by atoms with Gasteiger partial charge in [-0.3, -0.25) is 0 Å². The molecule has 0 saturated carbocycles. The number of ether oxygens (including phenoxy) is 1. The Morgan fingerprint density at radius 1 is 0.731 bits per heavy atom. The van der Waals surface area contributed by atoms with Gasteiger partial charge < -0.3 is 9.15 Å². The highest BCUT2D eigenvalue weighted by molar-refractivity contribution is 9.10.